The number of carbonyl (C=O) groups is 2. The normalized spacial score (nSPS) is 18.0. The second-order valence-corrected chi connectivity index (χ2v) is 11.7. The monoisotopic (exact) mass is 483 g/mol. The van der Waals surface area contributed by atoms with E-state index in [2.05, 4.69) is 5.32 Å². The topological polar surface area (TPSA) is 64.6 Å². The molecule has 32 heavy (non-hydrogen) atoms. The van der Waals surface area contributed by atoms with Gasteiger partial charge in [-0.25, -0.2) is 9.59 Å². The number of rotatable bonds is 9. The van der Waals surface area contributed by atoms with Crippen LogP contribution in [0.2, 0.25) is 0 Å². The summed E-state index contributed by atoms with van der Waals surface area (Å²) in [5.41, 5.74) is -1.44. The van der Waals surface area contributed by atoms with Crippen molar-refractivity contribution in [1.82, 2.24) is 5.32 Å². The van der Waals surface area contributed by atoms with Crippen LogP contribution in [0.3, 0.4) is 0 Å². The molecule has 0 aromatic rings. The van der Waals surface area contributed by atoms with Crippen molar-refractivity contribution in [2.75, 3.05) is 11.5 Å². The number of carbonyl (C=O) groups excluding carboxylic acids is 2. The van der Waals surface area contributed by atoms with Gasteiger partial charge in [0.25, 0.3) is 0 Å². The average molecular weight is 484 g/mol. The molecule has 0 aliphatic heterocycles. The van der Waals surface area contributed by atoms with Crippen LogP contribution in [0.1, 0.15) is 86.5 Å². The smallest absolute Gasteiger partial charge is 0.408 e. The maximum absolute atomic E-state index is 13.6. The number of alkyl halides is 3. The number of esters is 1. The SMILES string of the molecule is CC(C)(C)OC(=O)N[C@@H](CCSCCC(C1CCCCC1)C(F)(F)F)C(=O)OC(C)(C)C. The predicted octanol–water partition coefficient (Wildman–Crippen LogP) is 6.49. The number of hydrogen-bond donors (Lipinski definition) is 1. The summed E-state index contributed by atoms with van der Waals surface area (Å²) in [6.07, 6.45) is -0.518. The molecule has 0 saturated heterocycles. The molecule has 1 aliphatic rings. The number of ether oxygens (including phenoxy) is 2. The third kappa shape index (κ3) is 12.2. The van der Waals surface area contributed by atoms with E-state index < -0.39 is 41.4 Å². The van der Waals surface area contributed by atoms with E-state index in [1.165, 1.54) is 11.8 Å². The van der Waals surface area contributed by atoms with Gasteiger partial charge in [-0.3, -0.25) is 0 Å². The first-order valence-corrected chi connectivity index (χ1v) is 12.6. The fraction of sp³-hybridized carbons (Fsp3) is 0.913. The molecule has 2 atom stereocenters. The van der Waals surface area contributed by atoms with Crippen LogP contribution in [-0.2, 0) is 14.3 Å². The molecular weight excluding hydrogens is 443 g/mol. The molecule has 1 aliphatic carbocycles. The zero-order chi connectivity index (χ0) is 24.6. The minimum atomic E-state index is -4.18. The molecule has 1 rings (SSSR count). The highest BCUT2D eigenvalue weighted by molar-refractivity contribution is 7.99. The summed E-state index contributed by atoms with van der Waals surface area (Å²) in [5.74, 6) is -1.35. The Morgan fingerprint density at radius 1 is 0.906 bits per heavy atom. The van der Waals surface area contributed by atoms with Gasteiger partial charge in [0.2, 0.25) is 0 Å². The summed E-state index contributed by atoms with van der Waals surface area (Å²) in [4.78, 5) is 24.6. The number of thioether (sulfide) groups is 1. The lowest BCUT2D eigenvalue weighted by Crippen LogP contribution is -2.46. The zero-order valence-corrected chi connectivity index (χ0v) is 21.1. The second-order valence-electron chi connectivity index (χ2n) is 10.5. The summed E-state index contributed by atoms with van der Waals surface area (Å²) in [6.45, 7) is 10.3. The highest BCUT2D eigenvalue weighted by Crippen LogP contribution is 2.42. The van der Waals surface area contributed by atoms with Crippen LogP contribution in [-0.4, -0.2) is 47.0 Å². The fourth-order valence-corrected chi connectivity index (χ4v) is 4.82. The van der Waals surface area contributed by atoms with Crippen molar-refractivity contribution in [2.24, 2.45) is 11.8 Å². The third-order valence-corrected chi connectivity index (χ3v) is 6.19. The van der Waals surface area contributed by atoms with Crippen LogP contribution in [0.15, 0.2) is 0 Å². The maximum Gasteiger partial charge on any atom is 0.408 e. The average Bonchev–Trinajstić information content (AvgIpc) is 2.60. The van der Waals surface area contributed by atoms with Gasteiger partial charge in [0.15, 0.2) is 0 Å². The van der Waals surface area contributed by atoms with E-state index in [1.54, 1.807) is 41.5 Å². The summed E-state index contributed by atoms with van der Waals surface area (Å²) in [5, 5.41) is 2.54. The molecule has 0 aromatic carbocycles. The van der Waals surface area contributed by atoms with Gasteiger partial charge >= 0.3 is 18.2 Å². The summed E-state index contributed by atoms with van der Waals surface area (Å²) < 4.78 is 51.3. The Hall–Kier alpha value is -1.12. The summed E-state index contributed by atoms with van der Waals surface area (Å²) >= 11 is 1.37. The van der Waals surface area contributed by atoms with Crippen LogP contribution in [0.4, 0.5) is 18.0 Å². The fourth-order valence-electron chi connectivity index (χ4n) is 3.79. The van der Waals surface area contributed by atoms with Crippen molar-refractivity contribution in [1.29, 1.82) is 0 Å². The lowest BCUT2D eigenvalue weighted by Gasteiger charge is -2.31. The Morgan fingerprint density at radius 3 is 1.94 bits per heavy atom. The molecule has 0 heterocycles. The first-order valence-electron chi connectivity index (χ1n) is 11.5. The highest BCUT2D eigenvalue weighted by atomic mass is 32.2. The van der Waals surface area contributed by atoms with Gasteiger partial charge in [-0.1, -0.05) is 19.3 Å². The van der Waals surface area contributed by atoms with Crippen LogP contribution in [0, 0.1) is 11.8 Å². The maximum atomic E-state index is 13.6. The van der Waals surface area contributed by atoms with Crippen LogP contribution in [0.25, 0.3) is 0 Å². The molecule has 5 nitrogen and oxygen atoms in total. The largest absolute Gasteiger partial charge is 0.458 e. The molecule has 0 spiro atoms. The minimum Gasteiger partial charge on any atom is -0.458 e. The first kappa shape index (κ1) is 28.9. The molecule has 9 heteroatoms. The van der Waals surface area contributed by atoms with Crippen molar-refractivity contribution in [3.8, 4) is 0 Å². The standard InChI is InChI=1S/C23H40F3NO4S/c1-21(2,3)30-19(28)18(27-20(29)31-22(4,5)6)13-15-32-14-12-17(23(24,25)26)16-10-8-7-9-11-16/h16-18H,7-15H2,1-6H3,(H,27,29)/t17?,18-/m0/s1. The molecular formula is C23H40F3NO4S. The molecule has 1 amide bonds. The van der Waals surface area contributed by atoms with Gasteiger partial charge in [-0.05, 0) is 84.6 Å². The van der Waals surface area contributed by atoms with E-state index in [1.807, 2.05) is 0 Å². The van der Waals surface area contributed by atoms with Crippen molar-refractivity contribution < 1.29 is 32.2 Å². The van der Waals surface area contributed by atoms with Gasteiger partial charge < -0.3 is 14.8 Å². The Labute approximate surface area is 194 Å². The number of alkyl carbamates (subject to hydrolysis) is 1. The number of hydrogen-bond acceptors (Lipinski definition) is 5. The zero-order valence-electron chi connectivity index (χ0n) is 20.3. The van der Waals surface area contributed by atoms with Crippen LogP contribution < -0.4 is 5.32 Å². The van der Waals surface area contributed by atoms with Crippen LogP contribution in [0.5, 0.6) is 0 Å². The molecule has 1 N–H and O–H groups in total. The summed E-state index contributed by atoms with van der Waals surface area (Å²) in [6, 6.07) is -0.923. The molecule has 0 aromatic heterocycles. The Kier molecular flexibility index (Phi) is 11.2. The Balaban J connectivity index is 2.60. The third-order valence-electron chi connectivity index (χ3n) is 5.15. The van der Waals surface area contributed by atoms with E-state index in [4.69, 9.17) is 9.47 Å². The second kappa shape index (κ2) is 12.4. The van der Waals surface area contributed by atoms with Gasteiger partial charge in [0.1, 0.15) is 17.2 Å². The number of halogens is 3. The van der Waals surface area contributed by atoms with E-state index in [9.17, 15) is 22.8 Å². The number of amides is 1. The highest BCUT2D eigenvalue weighted by Gasteiger charge is 2.44. The van der Waals surface area contributed by atoms with Gasteiger partial charge in [0.05, 0.1) is 5.92 Å². The molecule has 1 fully saturated rings. The van der Waals surface area contributed by atoms with E-state index in [0.717, 1.165) is 19.3 Å². The van der Waals surface area contributed by atoms with Gasteiger partial charge in [-0.2, -0.15) is 24.9 Å². The predicted molar refractivity (Wildman–Crippen MR) is 122 cm³/mol. The quantitative estimate of drug-likeness (QED) is 0.300. The lowest BCUT2D eigenvalue weighted by molar-refractivity contribution is -0.192. The summed E-state index contributed by atoms with van der Waals surface area (Å²) in [7, 11) is 0. The first-order chi connectivity index (χ1) is 14.6. The van der Waals surface area contributed by atoms with Crippen molar-refractivity contribution >= 4 is 23.8 Å². The van der Waals surface area contributed by atoms with E-state index in [0.29, 0.717) is 24.3 Å². The van der Waals surface area contributed by atoms with Crippen molar-refractivity contribution in [2.45, 2.75) is 110 Å². The van der Waals surface area contributed by atoms with Gasteiger partial charge in [0, 0.05) is 0 Å². The van der Waals surface area contributed by atoms with Crippen molar-refractivity contribution in [3.05, 3.63) is 0 Å². The minimum absolute atomic E-state index is 0.0788. The molecule has 1 unspecified atom stereocenters. The lowest BCUT2D eigenvalue weighted by atomic mass is 9.78. The molecule has 0 bridgehead atoms. The molecule has 1 saturated carbocycles. The Morgan fingerprint density at radius 2 is 1.44 bits per heavy atom. The number of nitrogens with one attached hydrogen (secondary N) is 1. The molecule has 0 radical (unpaired) electrons. The molecule has 188 valence electrons. The Bertz CT molecular complexity index is 594. The van der Waals surface area contributed by atoms with Crippen molar-refractivity contribution in [3.63, 3.8) is 0 Å². The van der Waals surface area contributed by atoms with Gasteiger partial charge in [-0.15, -0.1) is 0 Å². The van der Waals surface area contributed by atoms with E-state index in [-0.39, 0.29) is 18.8 Å². The van der Waals surface area contributed by atoms with Crippen LogP contribution >= 0.6 is 11.8 Å². The van der Waals surface area contributed by atoms with E-state index >= 15 is 0 Å².